The van der Waals surface area contributed by atoms with Crippen molar-refractivity contribution >= 4 is 16.9 Å². The van der Waals surface area contributed by atoms with Gasteiger partial charge in [0.25, 0.3) is 0 Å². The van der Waals surface area contributed by atoms with Crippen molar-refractivity contribution < 1.29 is 9.53 Å². The van der Waals surface area contributed by atoms with Crippen molar-refractivity contribution in [3.63, 3.8) is 0 Å². The van der Waals surface area contributed by atoms with E-state index in [4.69, 9.17) is 0 Å². The van der Waals surface area contributed by atoms with Gasteiger partial charge in [-0.1, -0.05) is 5.92 Å². The molecule has 2 N–H and O–H groups in total. The van der Waals surface area contributed by atoms with Crippen LogP contribution in [0.3, 0.4) is 0 Å². The van der Waals surface area contributed by atoms with Crippen LogP contribution in [0, 0.1) is 11.8 Å². The summed E-state index contributed by atoms with van der Waals surface area (Å²) in [6.07, 6.45) is 0.775. The first-order chi connectivity index (χ1) is 9.26. The number of benzene rings is 1. The van der Waals surface area contributed by atoms with Gasteiger partial charge in [0.1, 0.15) is 5.69 Å². The lowest BCUT2D eigenvalue weighted by Gasteiger charge is -1.97. The van der Waals surface area contributed by atoms with E-state index in [1.165, 1.54) is 7.11 Å². The van der Waals surface area contributed by atoms with Crippen molar-refractivity contribution in [2.75, 3.05) is 20.7 Å². The molecule has 0 aliphatic heterocycles. The number of nitrogens with one attached hydrogen (secondary N) is 2. The maximum Gasteiger partial charge on any atom is 0.337 e. The summed E-state index contributed by atoms with van der Waals surface area (Å²) in [5.41, 5.74) is 1.96. The van der Waals surface area contributed by atoms with Gasteiger partial charge in [-0.3, -0.25) is 5.10 Å². The van der Waals surface area contributed by atoms with Crippen LogP contribution in [0.25, 0.3) is 10.9 Å². The van der Waals surface area contributed by atoms with Crippen molar-refractivity contribution in [3.8, 4) is 11.8 Å². The van der Waals surface area contributed by atoms with Crippen molar-refractivity contribution in [2.24, 2.45) is 0 Å². The van der Waals surface area contributed by atoms with Gasteiger partial charge in [0, 0.05) is 18.4 Å². The molecule has 2 aromatic rings. The van der Waals surface area contributed by atoms with Crippen LogP contribution in [0.5, 0.6) is 0 Å². The second-order valence-electron chi connectivity index (χ2n) is 3.98. The summed E-state index contributed by atoms with van der Waals surface area (Å²) >= 11 is 0. The van der Waals surface area contributed by atoms with Gasteiger partial charge in [-0.25, -0.2) is 4.79 Å². The number of nitrogens with zero attached hydrogens (tertiary/aromatic N) is 1. The Labute approximate surface area is 111 Å². The van der Waals surface area contributed by atoms with Crippen molar-refractivity contribution in [1.29, 1.82) is 0 Å². The Hall–Kier alpha value is -2.32. The van der Waals surface area contributed by atoms with Gasteiger partial charge < -0.3 is 10.1 Å². The van der Waals surface area contributed by atoms with Crippen molar-refractivity contribution in [1.82, 2.24) is 15.5 Å². The van der Waals surface area contributed by atoms with Gasteiger partial charge >= 0.3 is 5.97 Å². The third-order valence-electron chi connectivity index (χ3n) is 2.69. The minimum Gasteiger partial charge on any atom is -0.465 e. The molecule has 0 radical (unpaired) electrons. The van der Waals surface area contributed by atoms with Crippen LogP contribution in [0.2, 0.25) is 0 Å². The fraction of sp³-hybridized carbons (Fsp3) is 0.286. The highest BCUT2D eigenvalue weighted by Gasteiger charge is 2.09. The summed E-state index contributed by atoms with van der Waals surface area (Å²) in [4.78, 5) is 11.4. The van der Waals surface area contributed by atoms with E-state index in [0.717, 1.165) is 24.0 Å². The molecule has 1 heterocycles. The molecule has 0 amide bonds. The number of carbonyl (C=O) groups excluding carboxylic acids is 1. The molecule has 0 aliphatic rings. The normalized spacial score (nSPS) is 10.0. The molecule has 98 valence electrons. The molecule has 5 heteroatoms. The Morgan fingerprint density at radius 2 is 2.37 bits per heavy atom. The molecule has 0 unspecified atom stereocenters. The maximum absolute atomic E-state index is 11.4. The highest BCUT2D eigenvalue weighted by atomic mass is 16.5. The molecule has 0 saturated heterocycles. The maximum atomic E-state index is 11.4. The number of rotatable bonds is 3. The third-order valence-corrected chi connectivity index (χ3v) is 2.69. The van der Waals surface area contributed by atoms with Gasteiger partial charge in [0.2, 0.25) is 0 Å². The number of aromatic nitrogens is 2. The Bertz CT molecular complexity index is 649. The van der Waals surface area contributed by atoms with Crippen molar-refractivity contribution in [2.45, 2.75) is 6.42 Å². The number of aromatic amines is 1. The fourth-order valence-corrected chi connectivity index (χ4v) is 1.69. The van der Waals surface area contributed by atoms with Crippen LogP contribution in [-0.4, -0.2) is 36.9 Å². The van der Waals surface area contributed by atoms with Gasteiger partial charge in [0.05, 0.1) is 18.2 Å². The molecule has 2 rings (SSSR count). The number of hydrogen-bond acceptors (Lipinski definition) is 4. The summed E-state index contributed by atoms with van der Waals surface area (Å²) in [5, 5.41) is 11.0. The standard InChI is InChI=1S/C14H15N3O2/c1-15-8-4-3-5-12-11-7-6-10(14(18)19-2)9-13(11)17-16-12/h6-7,9,15H,4,8H2,1-2H3,(H,16,17). The Morgan fingerprint density at radius 3 is 3.11 bits per heavy atom. The SMILES string of the molecule is CNCCC#Cc1[nH]nc2cc(C(=O)OC)ccc12. The van der Waals surface area contributed by atoms with E-state index in [-0.39, 0.29) is 5.97 Å². The second kappa shape index (κ2) is 6.03. The molecule has 0 fully saturated rings. The summed E-state index contributed by atoms with van der Waals surface area (Å²) < 4.78 is 4.67. The van der Waals surface area contributed by atoms with E-state index in [0.29, 0.717) is 11.1 Å². The van der Waals surface area contributed by atoms with E-state index < -0.39 is 0 Å². The van der Waals surface area contributed by atoms with Gasteiger partial charge in [-0.15, -0.1) is 0 Å². The second-order valence-corrected chi connectivity index (χ2v) is 3.98. The van der Waals surface area contributed by atoms with E-state index in [1.807, 2.05) is 13.1 Å². The highest BCUT2D eigenvalue weighted by molar-refractivity contribution is 5.95. The van der Waals surface area contributed by atoms with E-state index in [2.05, 4.69) is 32.1 Å². The zero-order chi connectivity index (χ0) is 13.7. The number of carbonyl (C=O) groups is 1. The lowest BCUT2D eigenvalue weighted by molar-refractivity contribution is 0.0601. The van der Waals surface area contributed by atoms with Crippen LogP contribution in [0.15, 0.2) is 18.2 Å². The lowest BCUT2D eigenvalue weighted by atomic mass is 10.1. The molecular formula is C14H15N3O2. The zero-order valence-electron chi connectivity index (χ0n) is 10.9. The molecule has 0 atom stereocenters. The zero-order valence-corrected chi connectivity index (χ0v) is 10.9. The van der Waals surface area contributed by atoms with Gasteiger partial charge in [0.15, 0.2) is 0 Å². The quantitative estimate of drug-likeness (QED) is 0.494. The van der Waals surface area contributed by atoms with E-state index >= 15 is 0 Å². The Balaban J connectivity index is 2.28. The molecule has 5 nitrogen and oxygen atoms in total. The minimum absolute atomic E-state index is 0.369. The van der Waals surface area contributed by atoms with Crippen LogP contribution < -0.4 is 5.32 Å². The summed E-state index contributed by atoms with van der Waals surface area (Å²) in [5.74, 6) is 5.73. The average molecular weight is 257 g/mol. The molecule has 19 heavy (non-hydrogen) atoms. The first-order valence-corrected chi connectivity index (χ1v) is 5.96. The molecule has 0 bridgehead atoms. The Kier molecular flexibility index (Phi) is 4.16. The fourth-order valence-electron chi connectivity index (χ4n) is 1.69. The number of hydrogen-bond donors (Lipinski definition) is 2. The van der Waals surface area contributed by atoms with E-state index in [9.17, 15) is 4.79 Å². The number of fused-ring (bicyclic) bond motifs is 1. The topological polar surface area (TPSA) is 67.0 Å². The first kappa shape index (κ1) is 13.1. The third kappa shape index (κ3) is 2.92. The smallest absolute Gasteiger partial charge is 0.337 e. The van der Waals surface area contributed by atoms with Crippen molar-refractivity contribution in [3.05, 3.63) is 29.5 Å². The van der Waals surface area contributed by atoms with Crippen LogP contribution in [-0.2, 0) is 4.74 Å². The number of methoxy groups -OCH3 is 1. The first-order valence-electron chi connectivity index (χ1n) is 5.96. The molecule has 0 aliphatic carbocycles. The largest absolute Gasteiger partial charge is 0.465 e. The molecule has 1 aromatic heterocycles. The predicted molar refractivity (Wildman–Crippen MR) is 72.9 cm³/mol. The number of esters is 1. The van der Waals surface area contributed by atoms with Gasteiger partial charge in [-0.2, -0.15) is 5.10 Å². The minimum atomic E-state index is -0.369. The summed E-state index contributed by atoms with van der Waals surface area (Å²) in [7, 11) is 3.25. The van der Waals surface area contributed by atoms with Crippen LogP contribution in [0.4, 0.5) is 0 Å². The highest BCUT2D eigenvalue weighted by Crippen LogP contribution is 2.17. The predicted octanol–water partition coefficient (Wildman–Crippen LogP) is 1.31. The molecule has 0 saturated carbocycles. The van der Waals surface area contributed by atoms with Gasteiger partial charge in [-0.05, 0) is 31.2 Å². The lowest BCUT2D eigenvalue weighted by Crippen LogP contribution is -2.05. The van der Waals surface area contributed by atoms with Crippen LogP contribution >= 0.6 is 0 Å². The molecule has 0 spiro atoms. The monoisotopic (exact) mass is 257 g/mol. The molecular weight excluding hydrogens is 242 g/mol. The number of H-pyrrole nitrogens is 1. The number of ether oxygens (including phenoxy) is 1. The summed E-state index contributed by atoms with van der Waals surface area (Å²) in [6.45, 7) is 0.853. The Morgan fingerprint density at radius 1 is 1.53 bits per heavy atom. The van der Waals surface area contributed by atoms with Crippen LogP contribution in [0.1, 0.15) is 22.5 Å². The molecule has 1 aromatic carbocycles. The van der Waals surface area contributed by atoms with E-state index in [1.54, 1.807) is 12.1 Å². The summed E-state index contributed by atoms with van der Waals surface area (Å²) in [6, 6.07) is 5.23. The average Bonchev–Trinajstić information content (AvgIpc) is 2.85.